The summed E-state index contributed by atoms with van der Waals surface area (Å²) in [6.45, 7) is 2.20. The molecule has 0 spiro atoms. The Labute approximate surface area is 205 Å². The molecule has 4 heterocycles. The highest BCUT2D eigenvalue weighted by molar-refractivity contribution is 5.50. The van der Waals surface area contributed by atoms with Crippen LogP contribution in [-0.4, -0.2) is 43.1 Å². The number of anilines is 1. The first kappa shape index (κ1) is 22.4. The molecule has 0 aliphatic carbocycles. The van der Waals surface area contributed by atoms with Gasteiger partial charge in [-0.2, -0.15) is 4.68 Å². The van der Waals surface area contributed by atoms with Gasteiger partial charge in [0.25, 0.3) is 0 Å². The predicted molar refractivity (Wildman–Crippen MR) is 128 cm³/mol. The fourth-order valence-corrected chi connectivity index (χ4v) is 4.82. The van der Waals surface area contributed by atoms with E-state index in [1.807, 2.05) is 37.3 Å². The number of halogens is 2. The van der Waals surface area contributed by atoms with Crippen molar-refractivity contribution in [1.29, 1.82) is 0 Å². The van der Waals surface area contributed by atoms with E-state index in [0.717, 1.165) is 24.2 Å². The number of hydrogen-bond acceptors (Lipinski definition) is 6. The second-order valence-electron chi connectivity index (χ2n) is 9.10. The van der Waals surface area contributed by atoms with Crippen molar-refractivity contribution in [3.05, 3.63) is 94.3 Å². The monoisotopic (exact) mass is 491 g/mol. The molecule has 1 fully saturated rings. The average molecular weight is 491 g/mol. The van der Waals surface area contributed by atoms with E-state index in [4.69, 9.17) is 4.74 Å². The normalized spacial score (nSPS) is 20.8. The van der Waals surface area contributed by atoms with E-state index in [2.05, 4.69) is 10.1 Å². The topological polar surface area (TPSA) is 85.4 Å². The van der Waals surface area contributed by atoms with Gasteiger partial charge < -0.3 is 14.7 Å². The molecule has 3 atom stereocenters. The first-order valence-corrected chi connectivity index (χ1v) is 11.7. The van der Waals surface area contributed by atoms with E-state index in [1.54, 1.807) is 9.47 Å². The first-order valence-electron chi connectivity index (χ1n) is 11.7. The summed E-state index contributed by atoms with van der Waals surface area (Å²) < 4.78 is 37.8. The van der Waals surface area contributed by atoms with E-state index < -0.39 is 17.7 Å². The molecule has 1 N–H and O–H groups in total. The third kappa shape index (κ3) is 3.65. The summed E-state index contributed by atoms with van der Waals surface area (Å²) in [6, 6.07) is 14.8. The fourth-order valence-electron chi connectivity index (χ4n) is 4.82. The number of ether oxygens (including phenoxy) is 1. The Bertz CT molecular complexity index is 1500. The SMILES string of the molecule is C[C@H]1[C@@H](O)CN1c1cc(Oc2ccc(-n3nc4n(c3=O)[C@H](c3ccccc3)CC4)cc2F)c(F)cn1. The lowest BCUT2D eigenvalue weighted by Gasteiger charge is -2.44. The Morgan fingerprint density at radius 2 is 1.86 bits per heavy atom. The molecular formula is C26H23F2N5O3. The van der Waals surface area contributed by atoms with Gasteiger partial charge in [0, 0.05) is 25.1 Å². The highest BCUT2D eigenvalue weighted by Gasteiger charge is 2.35. The minimum atomic E-state index is -0.766. The molecule has 0 radical (unpaired) electrons. The third-order valence-electron chi connectivity index (χ3n) is 6.93. The molecule has 0 unspecified atom stereocenters. The Kier molecular flexibility index (Phi) is 5.33. The average Bonchev–Trinajstić information content (AvgIpc) is 3.45. The van der Waals surface area contributed by atoms with Crippen LogP contribution in [0.15, 0.2) is 65.6 Å². The van der Waals surface area contributed by atoms with Gasteiger partial charge in [0.05, 0.1) is 30.1 Å². The van der Waals surface area contributed by atoms with Gasteiger partial charge in [-0.1, -0.05) is 30.3 Å². The third-order valence-corrected chi connectivity index (χ3v) is 6.93. The van der Waals surface area contributed by atoms with Gasteiger partial charge in [-0.3, -0.25) is 4.57 Å². The van der Waals surface area contributed by atoms with E-state index in [9.17, 15) is 14.3 Å². The highest BCUT2D eigenvalue weighted by atomic mass is 19.1. The smallest absolute Gasteiger partial charge is 0.351 e. The molecular weight excluding hydrogens is 468 g/mol. The maximum Gasteiger partial charge on any atom is 0.351 e. The van der Waals surface area contributed by atoms with Gasteiger partial charge in [-0.25, -0.2) is 18.6 Å². The second-order valence-corrected chi connectivity index (χ2v) is 9.10. The summed E-state index contributed by atoms with van der Waals surface area (Å²) >= 11 is 0. The lowest BCUT2D eigenvalue weighted by Crippen LogP contribution is -2.59. The number of pyridine rings is 1. The molecule has 0 amide bonds. The molecule has 2 aliphatic heterocycles. The van der Waals surface area contributed by atoms with E-state index in [0.29, 0.717) is 24.6 Å². The number of aliphatic hydroxyl groups excluding tert-OH is 1. The van der Waals surface area contributed by atoms with E-state index in [1.165, 1.54) is 22.9 Å². The van der Waals surface area contributed by atoms with Crippen LogP contribution in [0.4, 0.5) is 14.6 Å². The van der Waals surface area contributed by atoms with Crippen LogP contribution in [0.2, 0.25) is 0 Å². The van der Waals surface area contributed by atoms with Crippen LogP contribution < -0.4 is 15.3 Å². The van der Waals surface area contributed by atoms with Gasteiger partial charge in [-0.15, -0.1) is 5.10 Å². The first-order chi connectivity index (χ1) is 17.4. The lowest BCUT2D eigenvalue weighted by atomic mass is 10.0. The number of fused-ring (bicyclic) bond motifs is 1. The van der Waals surface area contributed by atoms with Gasteiger partial charge in [0.1, 0.15) is 11.6 Å². The maximum atomic E-state index is 15.0. The van der Waals surface area contributed by atoms with Crippen LogP contribution in [0.3, 0.4) is 0 Å². The minimum Gasteiger partial charge on any atom is -0.451 e. The number of aryl methyl sites for hydroxylation is 1. The standard InChI is InChI=1S/C26H23F2N5O3/c1-15-21(34)14-31(15)25-12-23(19(28)13-29-25)36-22-9-7-17(11-18(22)27)33-26(35)32-20(8-10-24(32)30-33)16-5-3-2-4-6-16/h2-7,9,11-13,15,20-21,34H,8,10,14H2,1H3/t15-,20-,21-/m0/s1. The number of aromatic nitrogens is 4. The summed E-state index contributed by atoms with van der Waals surface area (Å²) in [4.78, 5) is 19.0. The molecule has 184 valence electrons. The van der Waals surface area contributed by atoms with Crippen LogP contribution in [0.5, 0.6) is 11.5 Å². The summed E-state index contributed by atoms with van der Waals surface area (Å²) in [5.41, 5.74) is 0.923. The number of rotatable bonds is 5. The van der Waals surface area contributed by atoms with Crippen molar-refractivity contribution in [2.75, 3.05) is 11.4 Å². The van der Waals surface area contributed by atoms with Crippen molar-refractivity contribution in [3.63, 3.8) is 0 Å². The van der Waals surface area contributed by atoms with Crippen LogP contribution in [0, 0.1) is 11.6 Å². The molecule has 2 aliphatic rings. The molecule has 1 saturated heterocycles. The summed E-state index contributed by atoms with van der Waals surface area (Å²) in [7, 11) is 0. The second kappa shape index (κ2) is 8.56. The van der Waals surface area contributed by atoms with Crippen molar-refractivity contribution in [2.45, 2.75) is 38.0 Å². The van der Waals surface area contributed by atoms with Gasteiger partial charge in [-0.05, 0) is 31.0 Å². The van der Waals surface area contributed by atoms with Crippen molar-refractivity contribution in [2.24, 2.45) is 0 Å². The van der Waals surface area contributed by atoms with Gasteiger partial charge in [0.15, 0.2) is 23.1 Å². The maximum absolute atomic E-state index is 15.0. The fraction of sp³-hybridized carbons (Fsp3) is 0.269. The molecule has 36 heavy (non-hydrogen) atoms. The highest BCUT2D eigenvalue weighted by Crippen LogP contribution is 2.33. The Morgan fingerprint density at radius 3 is 2.58 bits per heavy atom. The van der Waals surface area contributed by atoms with Gasteiger partial charge >= 0.3 is 5.69 Å². The molecule has 10 heteroatoms. The van der Waals surface area contributed by atoms with Crippen LogP contribution >= 0.6 is 0 Å². The zero-order valence-corrected chi connectivity index (χ0v) is 19.4. The Hall–Kier alpha value is -4.05. The van der Waals surface area contributed by atoms with Crippen molar-refractivity contribution in [1.82, 2.24) is 19.3 Å². The number of nitrogens with zero attached hydrogens (tertiary/aromatic N) is 5. The lowest BCUT2D eigenvalue weighted by molar-refractivity contribution is 0.0986. The molecule has 2 aromatic carbocycles. The number of aliphatic hydroxyl groups is 1. The zero-order valence-electron chi connectivity index (χ0n) is 19.4. The van der Waals surface area contributed by atoms with Crippen LogP contribution in [-0.2, 0) is 6.42 Å². The van der Waals surface area contributed by atoms with Crippen molar-refractivity contribution >= 4 is 5.82 Å². The molecule has 8 nitrogen and oxygen atoms in total. The van der Waals surface area contributed by atoms with Crippen molar-refractivity contribution < 1.29 is 18.6 Å². The van der Waals surface area contributed by atoms with Crippen molar-refractivity contribution in [3.8, 4) is 17.2 Å². The van der Waals surface area contributed by atoms with E-state index in [-0.39, 0.29) is 35.0 Å². The van der Waals surface area contributed by atoms with Crippen LogP contribution in [0.1, 0.15) is 30.8 Å². The summed E-state index contributed by atoms with van der Waals surface area (Å²) in [5.74, 6) is -0.834. The Morgan fingerprint density at radius 1 is 1.06 bits per heavy atom. The number of benzene rings is 2. The molecule has 6 rings (SSSR count). The molecule has 2 aromatic heterocycles. The van der Waals surface area contributed by atoms with Crippen LogP contribution in [0.25, 0.3) is 5.69 Å². The molecule has 0 bridgehead atoms. The summed E-state index contributed by atoms with van der Waals surface area (Å²) in [6.07, 6.45) is 1.94. The van der Waals surface area contributed by atoms with Gasteiger partial charge in [0.2, 0.25) is 0 Å². The number of hydrogen-bond donors (Lipinski definition) is 1. The predicted octanol–water partition coefficient (Wildman–Crippen LogP) is 3.60. The quantitative estimate of drug-likeness (QED) is 0.459. The molecule has 4 aromatic rings. The summed E-state index contributed by atoms with van der Waals surface area (Å²) in [5, 5.41) is 14.2. The zero-order chi connectivity index (χ0) is 25.0. The largest absolute Gasteiger partial charge is 0.451 e. The minimum absolute atomic E-state index is 0.117. The number of β-amino-alcohol motifs (C(OH)–C–C–N with tert-alkyl or cyclic N) is 1. The Balaban J connectivity index is 1.27. The van der Waals surface area contributed by atoms with E-state index >= 15 is 4.39 Å². The molecule has 0 saturated carbocycles.